The molecule has 0 saturated carbocycles. The molecule has 4 rings (SSSR count). The summed E-state index contributed by atoms with van der Waals surface area (Å²) in [5, 5.41) is 11.3. The van der Waals surface area contributed by atoms with E-state index in [1.807, 2.05) is 43.3 Å². The molecule has 2 aliphatic rings. The number of carboxylic acids is 1. The summed E-state index contributed by atoms with van der Waals surface area (Å²) < 4.78 is 10.7. The summed E-state index contributed by atoms with van der Waals surface area (Å²) in [4.78, 5) is 37.2. The van der Waals surface area contributed by atoms with Gasteiger partial charge in [0.25, 0.3) is 0 Å². The molecule has 2 amide bonds. The van der Waals surface area contributed by atoms with Crippen molar-refractivity contribution in [2.24, 2.45) is 0 Å². The van der Waals surface area contributed by atoms with E-state index in [9.17, 15) is 14.4 Å². The van der Waals surface area contributed by atoms with E-state index in [1.54, 1.807) is 4.90 Å². The Balaban J connectivity index is 1.31. The van der Waals surface area contributed by atoms with Crippen LogP contribution in [0.25, 0.3) is 11.1 Å². The fourth-order valence-corrected chi connectivity index (χ4v) is 4.25. The highest BCUT2D eigenvalue weighted by atomic mass is 16.5. The first-order valence-electron chi connectivity index (χ1n) is 10.7. The van der Waals surface area contributed by atoms with Gasteiger partial charge in [-0.2, -0.15) is 0 Å². The maximum atomic E-state index is 12.6. The summed E-state index contributed by atoms with van der Waals surface area (Å²) in [6.45, 7) is 2.23. The van der Waals surface area contributed by atoms with Crippen LogP contribution in [0.1, 0.15) is 30.4 Å². The number of nitrogens with zero attached hydrogens (tertiary/aromatic N) is 1. The van der Waals surface area contributed by atoms with Crippen molar-refractivity contribution in [3.05, 3.63) is 59.7 Å². The number of amides is 2. The van der Waals surface area contributed by atoms with Crippen LogP contribution in [0.5, 0.6) is 0 Å². The smallest absolute Gasteiger partial charge is 0.407 e. The van der Waals surface area contributed by atoms with Gasteiger partial charge in [0.2, 0.25) is 5.91 Å². The Morgan fingerprint density at radius 1 is 1.06 bits per heavy atom. The van der Waals surface area contributed by atoms with E-state index in [-0.39, 0.29) is 31.1 Å². The van der Waals surface area contributed by atoms with Crippen LogP contribution in [0.3, 0.4) is 0 Å². The minimum atomic E-state index is -1.04. The Bertz CT molecular complexity index is 972. The summed E-state index contributed by atoms with van der Waals surface area (Å²) in [7, 11) is 0. The minimum absolute atomic E-state index is 0.0496. The van der Waals surface area contributed by atoms with Crippen molar-refractivity contribution in [1.82, 2.24) is 10.2 Å². The van der Waals surface area contributed by atoms with E-state index in [0.717, 1.165) is 22.3 Å². The van der Waals surface area contributed by atoms with Crippen LogP contribution in [0.15, 0.2) is 48.5 Å². The third kappa shape index (κ3) is 4.45. The standard InChI is InChI=1S/C24H26N2O6/c1-2-21(23(29)26-11-15(12-26)31-14-22(27)28)25-24(30)32-13-20-18-9-5-3-7-16(18)17-8-4-6-10-19(17)20/h3-10,15,20-21H,2,11-14H2,1H3,(H,25,30)(H,27,28)/t21-/m0/s1. The number of carbonyl (C=O) groups is 3. The Hall–Kier alpha value is -3.39. The maximum absolute atomic E-state index is 12.6. The Morgan fingerprint density at radius 3 is 2.22 bits per heavy atom. The van der Waals surface area contributed by atoms with Crippen molar-refractivity contribution in [3.63, 3.8) is 0 Å². The van der Waals surface area contributed by atoms with Crippen molar-refractivity contribution < 1.29 is 29.0 Å². The number of nitrogens with one attached hydrogen (secondary N) is 1. The van der Waals surface area contributed by atoms with Gasteiger partial charge in [-0.05, 0) is 28.7 Å². The molecule has 0 radical (unpaired) electrons. The quantitative estimate of drug-likeness (QED) is 0.657. The first-order chi connectivity index (χ1) is 15.5. The number of ether oxygens (including phenoxy) is 2. The van der Waals surface area contributed by atoms with Crippen LogP contribution < -0.4 is 5.32 Å². The Morgan fingerprint density at radius 2 is 1.66 bits per heavy atom. The molecule has 0 bridgehead atoms. The molecule has 1 atom stereocenters. The first kappa shape index (κ1) is 21.8. The molecule has 1 saturated heterocycles. The van der Waals surface area contributed by atoms with Crippen LogP contribution >= 0.6 is 0 Å². The normalized spacial score (nSPS) is 16.0. The third-order valence-corrected chi connectivity index (χ3v) is 5.94. The zero-order chi connectivity index (χ0) is 22.7. The fourth-order valence-electron chi connectivity index (χ4n) is 4.25. The predicted molar refractivity (Wildman–Crippen MR) is 116 cm³/mol. The Kier molecular flexibility index (Phi) is 6.41. The van der Waals surface area contributed by atoms with E-state index >= 15 is 0 Å². The van der Waals surface area contributed by atoms with Crippen LogP contribution in [0.4, 0.5) is 4.79 Å². The summed E-state index contributed by atoms with van der Waals surface area (Å²) in [5.41, 5.74) is 4.54. The number of alkyl carbamates (subject to hydrolysis) is 1. The molecule has 8 heteroatoms. The number of fused-ring (bicyclic) bond motifs is 3. The third-order valence-electron chi connectivity index (χ3n) is 5.94. The van der Waals surface area contributed by atoms with Crippen molar-refractivity contribution in [3.8, 4) is 11.1 Å². The summed E-state index contributed by atoms with van der Waals surface area (Å²) in [6, 6.07) is 15.5. The molecular formula is C24H26N2O6. The van der Waals surface area contributed by atoms with Gasteiger partial charge in [0, 0.05) is 19.0 Å². The number of likely N-dealkylation sites (tertiary alicyclic amines) is 1. The molecule has 2 aromatic rings. The molecule has 8 nitrogen and oxygen atoms in total. The van der Waals surface area contributed by atoms with E-state index < -0.39 is 18.1 Å². The molecule has 0 unspecified atom stereocenters. The van der Waals surface area contributed by atoms with Crippen molar-refractivity contribution >= 4 is 18.0 Å². The maximum Gasteiger partial charge on any atom is 0.407 e. The molecular weight excluding hydrogens is 412 g/mol. The molecule has 2 N–H and O–H groups in total. The molecule has 2 aromatic carbocycles. The zero-order valence-electron chi connectivity index (χ0n) is 17.8. The SMILES string of the molecule is CC[C@H](NC(=O)OCC1c2ccccc2-c2ccccc21)C(=O)N1CC(OCC(=O)O)C1. The number of hydrogen-bond acceptors (Lipinski definition) is 5. The van der Waals surface area contributed by atoms with Crippen LogP contribution in [0.2, 0.25) is 0 Å². The average Bonchev–Trinajstić information content (AvgIpc) is 3.08. The van der Waals surface area contributed by atoms with Crippen molar-refractivity contribution in [2.75, 3.05) is 26.3 Å². The average molecular weight is 438 g/mol. The summed E-state index contributed by atoms with van der Waals surface area (Å²) in [6.07, 6.45) is -0.506. The highest BCUT2D eigenvalue weighted by Gasteiger charge is 2.36. The van der Waals surface area contributed by atoms with Crippen LogP contribution in [-0.4, -0.2) is 66.4 Å². The first-order valence-corrected chi connectivity index (χ1v) is 10.7. The number of aliphatic carboxylic acids is 1. The van der Waals surface area contributed by atoms with Gasteiger partial charge in [0.1, 0.15) is 19.3 Å². The lowest BCUT2D eigenvalue weighted by Crippen LogP contribution is -2.60. The highest BCUT2D eigenvalue weighted by Crippen LogP contribution is 2.44. The molecule has 168 valence electrons. The van der Waals surface area contributed by atoms with Crippen molar-refractivity contribution in [2.45, 2.75) is 31.4 Å². The minimum Gasteiger partial charge on any atom is -0.480 e. The second-order valence-corrected chi connectivity index (χ2v) is 8.00. The number of rotatable bonds is 8. The van der Waals surface area contributed by atoms with E-state index in [4.69, 9.17) is 14.6 Å². The number of benzene rings is 2. The molecule has 32 heavy (non-hydrogen) atoms. The van der Waals surface area contributed by atoms with Crippen LogP contribution in [0, 0.1) is 0 Å². The van der Waals surface area contributed by atoms with Crippen molar-refractivity contribution in [1.29, 1.82) is 0 Å². The van der Waals surface area contributed by atoms with Gasteiger partial charge < -0.3 is 24.8 Å². The zero-order valence-corrected chi connectivity index (χ0v) is 17.8. The van der Waals surface area contributed by atoms with Gasteiger partial charge >= 0.3 is 12.1 Å². The topological polar surface area (TPSA) is 105 Å². The van der Waals surface area contributed by atoms with E-state index in [2.05, 4.69) is 17.4 Å². The largest absolute Gasteiger partial charge is 0.480 e. The highest BCUT2D eigenvalue weighted by molar-refractivity contribution is 5.86. The Labute approximate surface area is 186 Å². The summed E-state index contributed by atoms with van der Waals surface area (Å²) >= 11 is 0. The predicted octanol–water partition coefficient (Wildman–Crippen LogP) is 2.62. The molecule has 1 aliphatic carbocycles. The monoisotopic (exact) mass is 438 g/mol. The number of carbonyl (C=O) groups excluding carboxylic acids is 2. The van der Waals surface area contributed by atoms with Gasteiger partial charge in [0.15, 0.2) is 0 Å². The van der Waals surface area contributed by atoms with Gasteiger partial charge in [-0.25, -0.2) is 9.59 Å². The number of carboxylic acid groups (broad SMARTS) is 1. The second-order valence-electron chi connectivity index (χ2n) is 8.00. The molecule has 0 spiro atoms. The lowest BCUT2D eigenvalue weighted by atomic mass is 9.98. The van der Waals surface area contributed by atoms with E-state index in [1.165, 1.54) is 0 Å². The van der Waals surface area contributed by atoms with Crippen LogP contribution in [-0.2, 0) is 19.1 Å². The second kappa shape index (κ2) is 9.40. The van der Waals surface area contributed by atoms with E-state index in [0.29, 0.717) is 19.5 Å². The lowest BCUT2D eigenvalue weighted by Gasteiger charge is -2.40. The van der Waals surface area contributed by atoms with Gasteiger partial charge in [0.05, 0.1) is 6.10 Å². The number of hydrogen-bond donors (Lipinski definition) is 2. The molecule has 0 aromatic heterocycles. The van der Waals surface area contributed by atoms with Gasteiger partial charge in [-0.15, -0.1) is 0 Å². The molecule has 1 fully saturated rings. The molecule has 1 heterocycles. The lowest BCUT2D eigenvalue weighted by molar-refractivity contribution is -0.155. The fraction of sp³-hybridized carbons (Fsp3) is 0.375. The molecule has 1 aliphatic heterocycles. The summed E-state index contributed by atoms with van der Waals surface area (Å²) in [5.74, 6) is -1.32. The van der Waals surface area contributed by atoms with Gasteiger partial charge in [-0.3, -0.25) is 4.79 Å². The van der Waals surface area contributed by atoms with Gasteiger partial charge in [-0.1, -0.05) is 55.5 Å².